The van der Waals surface area contributed by atoms with Crippen molar-refractivity contribution in [2.24, 2.45) is 0 Å². The van der Waals surface area contributed by atoms with Crippen molar-refractivity contribution >= 4 is 0 Å². The van der Waals surface area contributed by atoms with Crippen molar-refractivity contribution in [1.29, 1.82) is 0 Å². The van der Waals surface area contributed by atoms with Gasteiger partial charge >= 0.3 is 0 Å². The van der Waals surface area contributed by atoms with Crippen LogP contribution < -0.4 is 4.74 Å². The highest BCUT2D eigenvalue weighted by Gasteiger charge is 2.20. The summed E-state index contributed by atoms with van der Waals surface area (Å²) in [7, 11) is 1.62. The van der Waals surface area contributed by atoms with Gasteiger partial charge in [-0.05, 0) is 12.5 Å². The lowest BCUT2D eigenvalue weighted by molar-refractivity contribution is 0.174. The molecule has 1 aliphatic rings. The van der Waals surface area contributed by atoms with E-state index in [1.165, 1.54) is 0 Å². The maximum atomic E-state index is 9.39. The van der Waals surface area contributed by atoms with Crippen LogP contribution >= 0.6 is 0 Å². The molecular weight excluding hydrogens is 192 g/mol. The summed E-state index contributed by atoms with van der Waals surface area (Å²) in [6.45, 7) is 2.48. The van der Waals surface area contributed by atoms with Gasteiger partial charge in [-0.3, -0.25) is 4.90 Å². The van der Waals surface area contributed by atoms with Crippen molar-refractivity contribution in [2.75, 3.05) is 20.2 Å². The molecule has 0 aromatic carbocycles. The van der Waals surface area contributed by atoms with Gasteiger partial charge in [-0.2, -0.15) is 0 Å². The number of aliphatic hydroxyl groups excluding tert-OH is 1. The Balaban J connectivity index is 1.98. The Hall–Kier alpha value is -1.13. The predicted molar refractivity (Wildman–Crippen MR) is 56.7 cm³/mol. The third-order valence-corrected chi connectivity index (χ3v) is 2.62. The van der Waals surface area contributed by atoms with Gasteiger partial charge in [0.1, 0.15) is 0 Å². The molecule has 15 heavy (non-hydrogen) atoms. The number of aromatic nitrogens is 1. The number of rotatable bonds is 3. The average Bonchev–Trinajstić information content (AvgIpc) is 2.64. The molecule has 4 nitrogen and oxygen atoms in total. The summed E-state index contributed by atoms with van der Waals surface area (Å²) < 4.78 is 5.06. The number of hydrogen-bond acceptors (Lipinski definition) is 4. The first kappa shape index (κ1) is 10.4. The molecule has 0 amide bonds. The molecular formula is C11H16N2O2. The molecule has 1 aliphatic heterocycles. The van der Waals surface area contributed by atoms with Gasteiger partial charge in [0.05, 0.1) is 18.9 Å². The minimum atomic E-state index is -0.171. The van der Waals surface area contributed by atoms with Gasteiger partial charge in [0.15, 0.2) is 0 Å². The summed E-state index contributed by atoms with van der Waals surface area (Å²) in [5, 5.41) is 9.39. The Kier molecular flexibility index (Phi) is 3.18. The van der Waals surface area contributed by atoms with Crippen molar-refractivity contribution in [3.05, 3.63) is 23.9 Å². The number of hydrogen-bond donors (Lipinski definition) is 1. The molecule has 0 radical (unpaired) electrons. The zero-order chi connectivity index (χ0) is 10.7. The minimum Gasteiger partial charge on any atom is -0.481 e. The van der Waals surface area contributed by atoms with Gasteiger partial charge in [0, 0.05) is 25.7 Å². The van der Waals surface area contributed by atoms with E-state index in [4.69, 9.17) is 4.74 Å². The van der Waals surface area contributed by atoms with Gasteiger partial charge in [0.2, 0.25) is 5.88 Å². The summed E-state index contributed by atoms with van der Waals surface area (Å²) >= 11 is 0. The Morgan fingerprint density at radius 1 is 1.60 bits per heavy atom. The van der Waals surface area contributed by atoms with E-state index < -0.39 is 0 Å². The van der Waals surface area contributed by atoms with Gasteiger partial charge in [-0.25, -0.2) is 4.98 Å². The normalized spacial score (nSPS) is 21.9. The zero-order valence-electron chi connectivity index (χ0n) is 8.89. The average molecular weight is 208 g/mol. The predicted octanol–water partition coefficient (Wildman–Crippen LogP) is 0.657. The number of likely N-dealkylation sites (tertiary alicyclic amines) is 1. The second-order valence-corrected chi connectivity index (χ2v) is 3.85. The van der Waals surface area contributed by atoms with Crippen molar-refractivity contribution in [1.82, 2.24) is 9.88 Å². The molecule has 0 saturated carbocycles. The minimum absolute atomic E-state index is 0.171. The largest absolute Gasteiger partial charge is 0.481 e. The Bertz CT molecular complexity index is 330. The second kappa shape index (κ2) is 4.59. The van der Waals surface area contributed by atoms with Crippen molar-refractivity contribution < 1.29 is 9.84 Å². The van der Waals surface area contributed by atoms with Gasteiger partial charge < -0.3 is 9.84 Å². The van der Waals surface area contributed by atoms with E-state index in [0.29, 0.717) is 5.88 Å². The van der Waals surface area contributed by atoms with Crippen LogP contribution in [0.5, 0.6) is 5.88 Å². The van der Waals surface area contributed by atoms with Crippen molar-refractivity contribution in [3.63, 3.8) is 0 Å². The number of pyridine rings is 1. The van der Waals surface area contributed by atoms with E-state index in [9.17, 15) is 5.11 Å². The molecule has 1 N–H and O–H groups in total. The monoisotopic (exact) mass is 208 g/mol. The smallest absolute Gasteiger partial charge is 0.213 e. The van der Waals surface area contributed by atoms with E-state index >= 15 is 0 Å². The molecule has 0 spiro atoms. The van der Waals surface area contributed by atoms with Crippen LogP contribution in [0.15, 0.2) is 18.2 Å². The lowest BCUT2D eigenvalue weighted by Crippen LogP contribution is -2.22. The summed E-state index contributed by atoms with van der Waals surface area (Å²) in [4.78, 5) is 6.54. The second-order valence-electron chi connectivity index (χ2n) is 3.85. The van der Waals surface area contributed by atoms with Gasteiger partial charge in [-0.1, -0.05) is 6.07 Å². The first-order chi connectivity index (χ1) is 7.28. The van der Waals surface area contributed by atoms with E-state index in [1.807, 2.05) is 18.2 Å². The number of aliphatic hydroxyl groups is 1. The number of ether oxygens (including phenoxy) is 1. The maximum absolute atomic E-state index is 9.39. The molecule has 82 valence electrons. The first-order valence-electron chi connectivity index (χ1n) is 5.18. The lowest BCUT2D eigenvalue weighted by Gasteiger charge is -2.14. The molecule has 1 fully saturated rings. The highest BCUT2D eigenvalue weighted by atomic mass is 16.5. The SMILES string of the molecule is COc1cccc(CN2CC[C@H](O)C2)n1. The quantitative estimate of drug-likeness (QED) is 0.792. The van der Waals surface area contributed by atoms with Crippen molar-refractivity contribution in [2.45, 2.75) is 19.1 Å². The number of β-amino-alcohol motifs (C(OH)–C–C–N with tert-alkyl or cyclic N) is 1. The van der Waals surface area contributed by atoms with E-state index in [-0.39, 0.29) is 6.10 Å². The first-order valence-corrected chi connectivity index (χ1v) is 5.18. The molecule has 1 saturated heterocycles. The van der Waals surface area contributed by atoms with Crippen LogP contribution in [-0.2, 0) is 6.54 Å². The van der Waals surface area contributed by atoms with Crippen LogP contribution in [0.3, 0.4) is 0 Å². The highest BCUT2D eigenvalue weighted by Crippen LogP contribution is 2.14. The summed E-state index contributed by atoms with van der Waals surface area (Å²) in [5.41, 5.74) is 0.989. The number of methoxy groups -OCH3 is 1. The van der Waals surface area contributed by atoms with E-state index in [0.717, 1.165) is 31.7 Å². The molecule has 1 aromatic heterocycles. The molecule has 0 aliphatic carbocycles. The van der Waals surface area contributed by atoms with Crippen LogP contribution in [0.4, 0.5) is 0 Å². The fourth-order valence-electron chi connectivity index (χ4n) is 1.84. The Morgan fingerprint density at radius 3 is 3.13 bits per heavy atom. The molecule has 1 atom stereocenters. The molecule has 0 bridgehead atoms. The summed E-state index contributed by atoms with van der Waals surface area (Å²) in [5.74, 6) is 0.646. The van der Waals surface area contributed by atoms with Crippen LogP contribution in [0, 0.1) is 0 Å². The molecule has 2 rings (SSSR count). The third kappa shape index (κ3) is 2.67. The molecule has 2 heterocycles. The fourth-order valence-corrected chi connectivity index (χ4v) is 1.84. The van der Waals surface area contributed by atoms with Crippen LogP contribution in [0.2, 0.25) is 0 Å². The van der Waals surface area contributed by atoms with Crippen LogP contribution in [-0.4, -0.2) is 41.3 Å². The van der Waals surface area contributed by atoms with E-state index in [2.05, 4.69) is 9.88 Å². The zero-order valence-corrected chi connectivity index (χ0v) is 8.89. The van der Waals surface area contributed by atoms with Crippen molar-refractivity contribution in [3.8, 4) is 5.88 Å². The molecule has 0 unspecified atom stereocenters. The Labute approximate surface area is 89.5 Å². The third-order valence-electron chi connectivity index (χ3n) is 2.62. The Morgan fingerprint density at radius 2 is 2.47 bits per heavy atom. The highest BCUT2D eigenvalue weighted by molar-refractivity contribution is 5.15. The van der Waals surface area contributed by atoms with Gasteiger partial charge in [0.25, 0.3) is 0 Å². The van der Waals surface area contributed by atoms with Crippen LogP contribution in [0.1, 0.15) is 12.1 Å². The summed E-state index contributed by atoms with van der Waals surface area (Å²) in [6, 6.07) is 5.75. The number of nitrogens with zero attached hydrogens (tertiary/aromatic N) is 2. The fraction of sp³-hybridized carbons (Fsp3) is 0.545. The summed E-state index contributed by atoms with van der Waals surface area (Å²) in [6.07, 6.45) is 0.694. The standard InChI is InChI=1S/C11H16N2O2/c1-15-11-4-2-3-9(12-11)7-13-6-5-10(14)8-13/h2-4,10,14H,5-8H2,1H3/t10-/m0/s1. The molecule has 1 aromatic rings. The topological polar surface area (TPSA) is 45.6 Å². The van der Waals surface area contributed by atoms with Gasteiger partial charge in [-0.15, -0.1) is 0 Å². The van der Waals surface area contributed by atoms with Crippen LogP contribution in [0.25, 0.3) is 0 Å². The molecule has 4 heteroatoms. The van der Waals surface area contributed by atoms with E-state index in [1.54, 1.807) is 7.11 Å². The maximum Gasteiger partial charge on any atom is 0.213 e. The lowest BCUT2D eigenvalue weighted by atomic mass is 10.3.